The number of hydrogen-bond donors (Lipinski definition) is 1. The molecule has 2 rings (SSSR count). The van der Waals surface area contributed by atoms with E-state index < -0.39 is 0 Å². The Morgan fingerprint density at radius 1 is 1.33 bits per heavy atom. The molecule has 0 aromatic heterocycles. The van der Waals surface area contributed by atoms with Crippen molar-refractivity contribution in [2.24, 2.45) is 0 Å². The fourth-order valence-electron chi connectivity index (χ4n) is 2.37. The van der Waals surface area contributed by atoms with Crippen LogP contribution in [0.15, 0.2) is 18.2 Å². The van der Waals surface area contributed by atoms with Crippen molar-refractivity contribution in [3.8, 4) is 0 Å². The summed E-state index contributed by atoms with van der Waals surface area (Å²) in [4.78, 5) is 2.49. The summed E-state index contributed by atoms with van der Waals surface area (Å²) in [6, 6.07) is 7.00. The van der Waals surface area contributed by atoms with Crippen molar-refractivity contribution in [1.29, 1.82) is 0 Å². The van der Waals surface area contributed by atoms with E-state index in [0.29, 0.717) is 0 Å². The first-order valence-electron chi connectivity index (χ1n) is 7.02. The van der Waals surface area contributed by atoms with Crippen LogP contribution < -0.4 is 10.2 Å². The molecule has 0 spiro atoms. The zero-order valence-corrected chi connectivity index (χ0v) is 12.1. The number of nitrogens with zero attached hydrogens (tertiary/aromatic N) is 1. The predicted molar refractivity (Wildman–Crippen MR) is 79.5 cm³/mol. The summed E-state index contributed by atoms with van der Waals surface area (Å²) < 4.78 is 0. The van der Waals surface area contributed by atoms with Crippen molar-refractivity contribution in [2.75, 3.05) is 18.0 Å². The van der Waals surface area contributed by atoms with Crippen LogP contribution in [0.5, 0.6) is 0 Å². The Labute approximate surface area is 115 Å². The minimum Gasteiger partial charge on any atom is -0.369 e. The zero-order chi connectivity index (χ0) is 13.0. The van der Waals surface area contributed by atoms with Gasteiger partial charge in [-0.15, -0.1) is 0 Å². The van der Waals surface area contributed by atoms with Crippen molar-refractivity contribution >= 4 is 17.3 Å². The molecule has 1 aliphatic rings. The van der Waals surface area contributed by atoms with Crippen LogP contribution in [0, 0.1) is 0 Å². The first kappa shape index (κ1) is 13.7. The van der Waals surface area contributed by atoms with Gasteiger partial charge in [0, 0.05) is 29.8 Å². The number of halogens is 1. The lowest BCUT2D eigenvalue weighted by Gasteiger charge is -2.26. The Bertz CT molecular complexity index is 388. The molecule has 0 saturated heterocycles. The molecule has 1 aromatic carbocycles. The standard InChI is InChI=1S/C15H23ClN2/c1-3-9-17-11-12-5-6-13(16)10-15(12)18(4-2)14-7-8-14/h5-6,10,14,17H,3-4,7-9,11H2,1-2H3. The average molecular weight is 267 g/mol. The number of nitrogens with one attached hydrogen (secondary N) is 1. The van der Waals surface area contributed by atoms with Crippen molar-refractivity contribution in [3.05, 3.63) is 28.8 Å². The van der Waals surface area contributed by atoms with Gasteiger partial charge in [0.2, 0.25) is 0 Å². The van der Waals surface area contributed by atoms with E-state index in [0.717, 1.165) is 30.7 Å². The molecule has 2 nitrogen and oxygen atoms in total. The first-order chi connectivity index (χ1) is 8.76. The molecule has 0 heterocycles. The van der Waals surface area contributed by atoms with Crippen molar-refractivity contribution in [2.45, 2.75) is 45.7 Å². The molecule has 0 amide bonds. The van der Waals surface area contributed by atoms with Crippen molar-refractivity contribution in [1.82, 2.24) is 5.32 Å². The van der Waals surface area contributed by atoms with Crippen LogP contribution in [-0.4, -0.2) is 19.1 Å². The quantitative estimate of drug-likeness (QED) is 0.755. The summed E-state index contributed by atoms with van der Waals surface area (Å²) in [7, 11) is 0. The maximum atomic E-state index is 6.16. The molecule has 1 N–H and O–H groups in total. The molecule has 18 heavy (non-hydrogen) atoms. The highest BCUT2D eigenvalue weighted by Crippen LogP contribution is 2.34. The Kier molecular flexibility index (Phi) is 4.90. The van der Waals surface area contributed by atoms with Gasteiger partial charge in [-0.25, -0.2) is 0 Å². The molecule has 1 saturated carbocycles. The number of anilines is 1. The van der Waals surface area contributed by atoms with Gasteiger partial charge in [-0.05, 0) is 50.4 Å². The average Bonchev–Trinajstić information content (AvgIpc) is 3.17. The van der Waals surface area contributed by atoms with Crippen LogP contribution in [-0.2, 0) is 6.54 Å². The highest BCUT2D eigenvalue weighted by molar-refractivity contribution is 6.30. The number of hydrogen-bond acceptors (Lipinski definition) is 2. The molecule has 1 fully saturated rings. The molecular weight excluding hydrogens is 244 g/mol. The van der Waals surface area contributed by atoms with E-state index in [1.807, 2.05) is 6.07 Å². The fraction of sp³-hybridized carbons (Fsp3) is 0.600. The molecule has 0 radical (unpaired) electrons. The van der Waals surface area contributed by atoms with E-state index in [1.165, 1.54) is 30.5 Å². The topological polar surface area (TPSA) is 15.3 Å². The van der Waals surface area contributed by atoms with E-state index in [1.54, 1.807) is 0 Å². The van der Waals surface area contributed by atoms with Crippen LogP contribution in [0.25, 0.3) is 0 Å². The van der Waals surface area contributed by atoms with Gasteiger partial charge in [0.05, 0.1) is 0 Å². The number of rotatable bonds is 7. The second-order valence-electron chi connectivity index (χ2n) is 4.97. The highest BCUT2D eigenvalue weighted by Gasteiger charge is 2.29. The van der Waals surface area contributed by atoms with Gasteiger partial charge in [0.15, 0.2) is 0 Å². The third-order valence-electron chi connectivity index (χ3n) is 3.43. The second kappa shape index (κ2) is 6.44. The third-order valence-corrected chi connectivity index (χ3v) is 3.66. The summed E-state index contributed by atoms with van der Waals surface area (Å²) in [6.07, 6.45) is 3.81. The van der Waals surface area contributed by atoms with Gasteiger partial charge in [-0.3, -0.25) is 0 Å². The van der Waals surface area contributed by atoms with Gasteiger partial charge in [-0.1, -0.05) is 24.6 Å². The second-order valence-corrected chi connectivity index (χ2v) is 5.40. The molecule has 0 atom stereocenters. The molecular formula is C15H23ClN2. The SMILES string of the molecule is CCCNCc1ccc(Cl)cc1N(CC)C1CC1. The summed E-state index contributed by atoms with van der Waals surface area (Å²) in [5.74, 6) is 0. The smallest absolute Gasteiger partial charge is 0.0429 e. The minimum absolute atomic E-state index is 0.735. The fourth-order valence-corrected chi connectivity index (χ4v) is 2.53. The highest BCUT2D eigenvalue weighted by atomic mass is 35.5. The van der Waals surface area contributed by atoms with Gasteiger partial charge < -0.3 is 10.2 Å². The lowest BCUT2D eigenvalue weighted by atomic mass is 10.1. The maximum absolute atomic E-state index is 6.16. The summed E-state index contributed by atoms with van der Waals surface area (Å²) >= 11 is 6.16. The van der Waals surface area contributed by atoms with Crippen LogP contribution in [0.3, 0.4) is 0 Å². The third kappa shape index (κ3) is 3.39. The number of benzene rings is 1. The Morgan fingerprint density at radius 2 is 2.11 bits per heavy atom. The van der Waals surface area contributed by atoms with Crippen molar-refractivity contribution < 1.29 is 0 Å². The normalized spacial score (nSPS) is 14.8. The Hall–Kier alpha value is -0.730. The molecule has 3 heteroatoms. The maximum Gasteiger partial charge on any atom is 0.0429 e. The first-order valence-corrected chi connectivity index (χ1v) is 7.39. The van der Waals surface area contributed by atoms with E-state index >= 15 is 0 Å². The summed E-state index contributed by atoms with van der Waals surface area (Å²) in [5.41, 5.74) is 2.68. The largest absolute Gasteiger partial charge is 0.369 e. The lowest BCUT2D eigenvalue weighted by Crippen LogP contribution is -2.27. The van der Waals surface area contributed by atoms with Gasteiger partial charge in [-0.2, -0.15) is 0 Å². The monoisotopic (exact) mass is 266 g/mol. The molecule has 0 bridgehead atoms. The Morgan fingerprint density at radius 3 is 2.72 bits per heavy atom. The Balaban J connectivity index is 2.16. The van der Waals surface area contributed by atoms with Crippen LogP contribution in [0.1, 0.15) is 38.7 Å². The van der Waals surface area contributed by atoms with Crippen molar-refractivity contribution in [3.63, 3.8) is 0 Å². The molecule has 0 aliphatic heterocycles. The molecule has 1 aromatic rings. The van der Waals surface area contributed by atoms with Crippen LogP contribution >= 0.6 is 11.6 Å². The van der Waals surface area contributed by atoms with Gasteiger partial charge >= 0.3 is 0 Å². The van der Waals surface area contributed by atoms with Gasteiger partial charge in [0.25, 0.3) is 0 Å². The van der Waals surface area contributed by atoms with E-state index in [-0.39, 0.29) is 0 Å². The van der Waals surface area contributed by atoms with Crippen LogP contribution in [0.4, 0.5) is 5.69 Å². The van der Waals surface area contributed by atoms with E-state index in [2.05, 4.69) is 36.2 Å². The van der Waals surface area contributed by atoms with E-state index in [9.17, 15) is 0 Å². The zero-order valence-electron chi connectivity index (χ0n) is 11.4. The van der Waals surface area contributed by atoms with Gasteiger partial charge in [0.1, 0.15) is 0 Å². The predicted octanol–water partition coefficient (Wildman–Crippen LogP) is 3.83. The molecule has 1 aliphatic carbocycles. The summed E-state index contributed by atoms with van der Waals surface area (Å²) in [5, 5.41) is 4.32. The van der Waals surface area contributed by atoms with Crippen LogP contribution in [0.2, 0.25) is 5.02 Å². The molecule has 100 valence electrons. The minimum atomic E-state index is 0.735. The lowest BCUT2D eigenvalue weighted by molar-refractivity contribution is 0.672. The summed E-state index contributed by atoms with van der Waals surface area (Å²) in [6.45, 7) is 7.48. The molecule has 0 unspecified atom stereocenters. The van der Waals surface area contributed by atoms with E-state index in [4.69, 9.17) is 11.6 Å².